The van der Waals surface area contributed by atoms with E-state index >= 15 is 0 Å². The van der Waals surface area contributed by atoms with Gasteiger partial charge in [-0.2, -0.15) is 24.6 Å². The molecule has 1 aromatic rings. The summed E-state index contributed by atoms with van der Waals surface area (Å²) in [6.45, 7) is 0. The van der Waals surface area contributed by atoms with Gasteiger partial charge in [-0.15, -0.1) is 0 Å². The first-order valence-corrected chi connectivity index (χ1v) is 2.50. The van der Waals surface area contributed by atoms with Gasteiger partial charge in [0.05, 0.1) is 0 Å². The highest BCUT2D eigenvalue weighted by Gasteiger charge is 2.01. The van der Waals surface area contributed by atoms with Crippen molar-refractivity contribution in [3.05, 3.63) is 6.08 Å². The maximum atomic E-state index is 12.2. The molecular formula is C4H2FN6. The molecule has 0 aliphatic heterocycles. The molecule has 0 fully saturated rings. The van der Waals surface area contributed by atoms with Gasteiger partial charge in [0, 0.05) is 0 Å². The second kappa shape index (κ2) is 2.74. The number of nitrogens with one attached hydrogen (secondary N) is 2. The van der Waals surface area contributed by atoms with E-state index in [0.717, 1.165) is 0 Å². The Morgan fingerprint density at radius 3 is 2.73 bits per heavy atom. The molecule has 55 valence electrons. The topological polar surface area (TPSA) is 98.3 Å². The van der Waals surface area contributed by atoms with Crippen molar-refractivity contribution in [3.8, 4) is 6.19 Å². The summed E-state index contributed by atoms with van der Waals surface area (Å²) in [7, 11) is 0. The summed E-state index contributed by atoms with van der Waals surface area (Å²) in [5, 5.41) is 10.0. The van der Waals surface area contributed by atoms with E-state index in [-0.39, 0.29) is 5.95 Å². The lowest BCUT2D eigenvalue weighted by atomic mass is 10.8. The zero-order valence-corrected chi connectivity index (χ0v) is 5.17. The van der Waals surface area contributed by atoms with E-state index in [2.05, 4.69) is 15.0 Å². The Hall–Kier alpha value is -1.97. The molecule has 0 aromatic carbocycles. The lowest BCUT2D eigenvalue weighted by Gasteiger charge is -1.94. The van der Waals surface area contributed by atoms with Crippen LogP contribution < -0.4 is 11.1 Å². The summed E-state index contributed by atoms with van der Waals surface area (Å²) in [5.41, 5.74) is 6.80. The fraction of sp³-hybridized carbons (Fsp3) is 0. The molecule has 1 heterocycles. The standard InChI is InChI=1S/C4H2FN6/c5-2-9-3(7)11-4(10-2)8-1-6/h7H,(H,8,9,10,11). The summed E-state index contributed by atoms with van der Waals surface area (Å²) >= 11 is 0. The van der Waals surface area contributed by atoms with Crippen LogP contribution in [-0.4, -0.2) is 15.0 Å². The van der Waals surface area contributed by atoms with Crippen molar-refractivity contribution in [3.63, 3.8) is 0 Å². The first-order valence-electron chi connectivity index (χ1n) is 2.50. The number of halogens is 1. The van der Waals surface area contributed by atoms with E-state index in [9.17, 15) is 4.39 Å². The molecule has 0 aliphatic carbocycles. The Bertz CT molecular complexity index is 284. The van der Waals surface area contributed by atoms with Crippen LogP contribution in [0.25, 0.3) is 0 Å². The summed E-state index contributed by atoms with van der Waals surface area (Å²) in [4.78, 5) is 9.32. The van der Waals surface area contributed by atoms with Gasteiger partial charge < -0.3 is 0 Å². The van der Waals surface area contributed by atoms with Crippen LogP contribution in [-0.2, 0) is 0 Å². The van der Waals surface area contributed by atoms with Crippen LogP contribution in [0.1, 0.15) is 0 Å². The quantitative estimate of drug-likeness (QED) is 0.445. The number of nitriles is 1. The van der Waals surface area contributed by atoms with Crippen molar-refractivity contribution in [1.82, 2.24) is 20.7 Å². The Labute approximate surface area is 60.9 Å². The summed E-state index contributed by atoms with van der Waals surface area (Å²) in [6, 6.07) is 0. The number of hydrogen-bond acceptors (Lipinski definition) is 5. The third-order valence-corrected chi connectivity index (χ3v) is 0.776. The molecule has 0 bridgehead atoms. The fourth-order valence-electron chi connectivity index (χ4n) is 0.456. The van der Waals surface area contributed by atoms with E-state index in [4.69, 9.17) is 11.0 Å². The highest BCUT2D eigenvalue weighted by atomic mass is 19.1. The lowest BCUT2D eigenvalue weighted by Crippen LogP contribution is -2.01. The highest BCUT2D eigenvalue weighted by molar-refractivity contribution is 5.31. The normalized spacial score (nSPS) is 8.73. The lowest BCUT2D eigenvalue weighted by molar-refractivity contribution is 0.536. The Morgan fingerprint density at radius 2 is 2.18 bits per heavy atom. The number of rotatable bonds is 1. The Kier molecular flexibility index (Phi) is 1.78. The van der Waals surface area contributed by atoms with Crippen molar-refractivity contribution >= 4 is 11.9 Å². The van der Waals surface area contributed by atoms with Crippen LogP contribution in [0.3, 0.4) is 0 Å². The summed E-state index contributed by atoms with van der Waals surface area (Å²) in [5.74, 6) is -0.778. The van der Waals surface area contributed by atoms with Gasteiger partial charge >= 0.3 is 6.08 Å². The highest BCUT2D eigenvalue weighted by Crippen LogP contribution is 2.00. The van der Waals surface area contributed by atoms with Crippen LogP contribution in [0, 0.1) is 17.5 Å². The molecule has 1 rings (SSSR count). The SMILES string of the molecule is N#CNc1nc([NH])nc(F)n1. The molecule has 2 N–H and O–H groups in total. The van der Waals surface area contributed by atoms with E-state index in [1.807, 2.05) is 5.32 Å². The van der Waals surface area contributed by atoms with Crippen molar-refractivity contribution in [2.45, 2.75) is 0 Å². The van der Waals surface area contributed by atoms with E-state index in [0.29, 0.717) is 0 Å². The minimum Gasteiger partial charge on any atom is -0.265 e. The molecule has 0 amide bonds. The van der Waals surface area contributed by atoms with Crippen LogP contribution >= 0.6 is 0 Å². The molecule has 0 atom stereocenters. The molecule has 0 aliphatic rings. The maximum Gasteiger partial charge on any atom is 0.315 e. The van der Waals surface area contributed by atoms with E-state index in [1.54, 1.807) is 0 Å². The van der Waals surface area contributed by atoms with Crippen LogP contribution in [0.15, 0.2) is 0 Å². The van der Waals surface area contributed by atoms with Gasteiger partial charge in [0.1, 0.15) is 0 Å². The second-order valence-corrected chi connectivity index (χ2v) is 1.49. The maximum absolute atomic E-state index is 12.2. The summed E-state index contributed by atoms with van der Waals surface area (Å²) < 4.78 is 12.2. The molecule has 7 heteroatoms. The first-order chi connectivity index (χ1) is 5.22. The number of aromatic nitrogens is 3. The van der Waals surface area contributed by atoms with Gasteiger partial charge in [-0.1, -0.05) is 0 Å². The van der Waals surface area contributed by atoms with Gasteiger partial charge in [0.15, 0.2) is 6.19 Å². The molecule has 1 aromatic heterocycles. The average Bonchev–Trinajstić information content (AvgIpc) is 1.85. The molecule has 0 unspecified atom stereocenters. The van der Waals surface area contributed by atoms with Crippen molar-refractivity contribution < 1.29 is 4.39 Å². The van der Waals surface area contributed by atoms with Gasteiger partial charge in [0.2, 0.25) is 11.9 Å². The van der Waals surface area contributed by atoms with Crippen LogP contribution in [0.4, 0.5) is 16.3 Å². The van der Waals surface area contributed by atoms with Crippen LogP contribution in [0.2, 0.25) is 0 Å². The Morgan fingerprint density at radius 1 is 1.45 bits per heavy atom. The minimum absolute atomic E-state index is 0.259. The van der Waals surface area contributed by atoms with Crippen LogP contribution in [0.5, 0.6) is 0 Å². The smallest absolute Gasteiger partial charge is 0.265 e. The van der Waals surface area contributed by atoms with Gasteiger partial charge in [-0.3, -0.25) is 11.1 Å². The van der Waals surface area contributed by atoms with Gasteiger partial charge in [-0.25, -0.2) is 0 Å². The second-order valence-electron chi connectivity index (χ2n) is 1.49. The first kappa shape index (κ1) is 7.14. The molecule has 0 saturated carbocycles. The molecule has 6 nitrogen and oxygen atoms in total. The van der Waals surface area contributed by atoms with E-state index < -0.39 is 12.0 Å². The third kappa shape index (κ3) is 1.72. The zero-order chi connectivity index (χ0) is 8.27. The van der Waals surface area contributed by atoms with Crippen molar-refractivity contribution in [1.29, 1.82) is 5.26 Å². The van der Waals surface area contributed by atoms with Gasteiger partial charge in [-0.05, 0) is 0 Å². The summed E-state index contributed by atoms with van der Waals surface area (Å²) in [6.07, 6.45) is 0.405. The monoisotopic (exact) mass is 153 g/mol. The molecule has 11 heavy (non-hydrogen) atoms. The fourth-order valence-corrected chi connectivity index (χ4v) is 0.456. The number of hydrogen-bond donors (Lipinski definition) is 1. The van der Waals surface area contributed by atoms with E-state index in [1.165, 1.54) is 6.19 Å². The third-order valence-electron chi connectivity index (χ3n) is 0.776. The van der Waals surface area contributed by atoms with Crippen molar-refractivity contribution in [2.24, 2.45) is 0 Å². The zero-order valence-electron chi connectivity index (χ0n) is 5.17. The number of nitrogens with zero attached hydrogens (tertiary/aromatic N) is 4. The predicted octanol–water partition coefficient (Wildman–Crippen LogP) is -0.182. The van der Waals surface area contributed by atoms with Crippen molar-refractivity contribution in [2.75, 3.05) is 5.32 Å². The van der Waals surface area contributed by atoms with Gasteiger partial charge in [0.25, 0.3) is 0 Å². The Balaban J connectivity index is 3.01. The molecule has 1 radical (unpaired) electrons. The number of anilines is 1. The molecule has 0 saturated heterocycles. The minimum atomic E-state index is -1.08. The molecular weight excluding hydrogens is 151 g/mol. The largest absolute Gasteiger partial charge is 0.315 e. The molecule has 0 spiro atoms. The average molecular weight is 153 g/mol. The predicted molar refractivity (Wildman–Crippen MR) is 31.8 cm³/mol.